The molecule has 0 saturated carbocycles. The van der Waals surface area contributed by atoms with Gasteiger partial charge in [-0.05, 0) is 43.7 Å². The van der Waals surface area contributed by atoms with E-state index in [1.165, 1.54) is 18.2 Å². The summed E-state index contributed by atoms with van der Waals surface area (Å²) in [6.07, 6.45) is -0.752. The first-order chi connectivity index (χ1) is 12.3. The summed E-state index contributed by atoms with van der Waals surface area (Å²) in [5.74, 6) is 0.0275. The molecule has 8 heteroatoms. The van der Waals surface area contributed by atoms with Crippen LogP contribution in [0.2, 0.25) is 5.02 Å². The third kappa shape index (κ3) is 4.54. The molecule has 0 bridgehead atoms. The fourth-order valence-corrected chi connectivity index (χ4v) is 3.93. The average molecular weight is 389 g/mol. The van der Waals surface area contributed by atoms with Crippen molar-refractivity contribution in [2.45, 2.75) is 44.1 Å². The van der Waals surface area contributed by atoms with Gasteiger partial charge in [0, 0.05) is 25.6 Å². The van der Waals surface area contributed by atoms with Gasteiger partial charge in [0.15, 0.2) is 0 Å². The van der Waals surface area contributed by atoms with Crippen molar-refractivity contribution in [1.82, 2.24) is 0 Å². The molecule has 1 unspecified atom stereocenters. The van der Waals surface area contributed by atoms with Gasteiger partial charge in [-0.1, -0.05) is 11.6 Å². The molecule has 4 nitrogen and oxygen atoms in total. The fraction of sp³-hybridized carbons (Fsp3) is 0.611. The molecule has 1 aromatic carbocycles. The van der Waals surface area contributed by atoms with Gasteiger partial charge in [-0.15, -0.1) is 13.2 Å². The molecule has 142 valence electrons. The van der Waals surface area contributed by atoms with Crippen molar-refractivity contribution >= 4 is 17.3 Å². The van der Waals surface area contributed by atoms with Crippen LogP contribution in [-0.4, -0.2) is 31.7 Å². The second-order valence-electron chi connectivity index (χ2n) is 6.91. The van der Waals surface area contributed by atoms with Crippen LogP contribution in [0.15, 0.2) is 18.2 Å². The second-order valence-corrected chi connectivity index (χ2v) is 7.32. The van der Waals surface area contributed by atoms with Gasteiger partial charge in [0.2, 0.25) is 0 Å². The third-order valence-electron chi connectivity index (χ3n) is 5.18. The molecule has 2 fully saturated rings. The van der Waals surface area contributed by atoms with Crippen molar-refractivity contribution < 1.29 is 22.6 Å². The predicted molar refractivity (Wildman–Crippen MR) is 91.2 cm³/mol. The molecule has 0 amide bonds. The Hall–Kier alpha value is -1.65. The molecule has 0 aromatic heterocycles. The Labute approximate surface area is 155 Å². The Balaban J connectivity index is 1.63. The second kappa shape index (κ2) is 7.53. The highest BCUT2D eigenvalue weighted by atomic mass is 35.5. The molecule has 2 heterocycles. The zero-order valence-electron chi connectivity index (χ0n) is 14.2. The first-order valence-electron chi connectivity index (χ1n) is 8.61. The number of hydrogen-bond acceptors (Lipinski definition) is 4. The molecule has 2 saturated heterocycles. The van der Waals surface area contributed by atoms with Crippen molar-refractivity contribution in [3.8, 4) is 11.8 Å². The number of ether oxygens (including phenoxy) is 2. The molecular weight excluding hydrogens is 369 g/mol. The molecule has 2 aliphatic rings. The van der Waals surface area contributed by atoms with E-state index in [0.717, 1.165) is 25.7 Å². The lowest BCUT2D eigenvalue weighted by molar-refractivity contribution is -0.274. The Kier molecular flexibility index (Phi) is 5.54. The summed E-state index contributed by atoms with van der Waals surface area (Å²) in [5.41, 5.74) is 0.357. The largest absolute Gasteiger partial charge is 0.573 e. The van der Waals surface area contributed by atoms with Gasteiger partial charge >= 0.3 is 6.36 Å². The smallest absolute Gasteiger partial charge is 0.406 e. The lowest BCUT2D eigenvalue weighted by atomic mass is 9.81. The summed E-state index contributed by atoms with van der Waals surface area (Å²) in [7, 11) is 0. The van der Waals surface area contributed by atoms with Gasteiger partial charge in [0.25, 0.3) is 0 Å². The molecule has 2 aliphatic heterocycles. The molecule has 1 spiro atoms. The van der Waals surface area contributed by atoms with E-state index >= 15 is 0 Å². The minimum Gasteiger partial charge on any atom is -0.406 e. The molecule has 0 N–H and O–H groups in total. The maximum atomic E-state index is 12.4. The van der Waals surface area contributed by atoms with Gasteiger partial charge in [-0.25, -0.2) is 0 Å². The number of benzene rings is 1. The van der Waals surface area contributed by atoms with Crippen LogP contribution in [0.1, 0.15) is 32.1 Å². The molecule has 26 heavy (non-hydrogen) atoms. The van der Waals surface area contributed by atoms with E-state index in [1.807, 2.05) is 4.90 Å². The Morgan fingerprint density at radius 2 is 2.04 bits per heavy atom. The Morgan fingerprint density at radius 1 is 1.31 bits per heavy atom. The molecular formula is C18H20ClF3N2O2. The minimum absolute atomic E-state index is 0.186. The van der Waals surface area contributed by atoms with Crippen LogP contribution in [0.5, 0.6) is 5.75 Å². The van der Waals surface area contributed by atoms with E-state index in [-0.39, 0.29) is 11.4 Å². The van der Waals surface area contributed by atoms with Crippen molar-refractivity contribution in [1.29, 1.82) is 5.26 Å². The topological polar surface area (TPSA) is 45.5 Å². The first-order valence-corrected chi connectivity index (χ1v) is 8.99. The van der Waals surface area contributed by atoms with E-state index in [4.69, 9.17) is 21.6 Å². The van der Waals surface area contributed by atoms with E-state index in [0.29, 0.717) is 42.7 Å². The number of halogens is 4. The third-order valence-corrected chi connectivity index (χ3v) is 5.50. The van der Waals surface area contributed by atoms with Crippen molar-refractivity contribution in [2.75, 3.05) is 24.6 Å². The quantitative estimate of drug-likeness (QED) is 0.737. The van der Waals surface area contributed by atoms with Crippen molar-refractivity contribution in [2.24, 2.45) is 5.92 Å². The van der Waals surface area contributed by atoms with E-state index in [9.17, 15) is 13.2 Å². The number of alkyl halides is 3. The summed E-state index contributed by atoms with van der Waals surface area (Å²) < 4.78 is 47.4. The lowest BCUT2D eigenvalue weighted by Gasteiger charge is -2.46. The van der Waals surface area contributed by atoms with Crippen LogP contribution < -0.4 is 9.64 Å². The SMILES string of the molecule is N#CCC1CCC2(CCN(c3cc(OC(F)(F)F)ccc3Cl)CC2)OC1. The summed E-state index contributed by atoms with van der Waals surface area (Å²) in [4.78, 5) is 1.97. The van der Waals surface area contributed by atoms with Crippen LogP contribution in [0.3, 0.4) is 0 Å². The van der Waals surface area contributed by atoms with E-state index < -0.39 is 6.36 Å². The van der Waals surface area contributed by atoms with E-state index in [2.05, 4.69) is 10.8 Å². The minimum atomic E-state index is -4.73. The van der Waals surface area contributed by atoms with Gasteiger partial charge in [0.05, 0.1) is 29.0 Å². The number of anilines is 1. The van der Waals surface area contributed by atoms with Gasteiger partial charge in [-0.3, -0.25) is 0 Å². The maximum Gasteiger partial charge on any atom is 0.573 e. The number of nitriles is 1. The summed E-state index contributed by atoms with van der Waals surface area (Å²) in [6.45, 7) is 1.90. The van der Waals surface area contributed by atoms with Crippen molar-refractivity contribution in [3.05, 3.63) is 23.2 Å². The van der Waals surface area contributed by atoms with E-state index in [1.54, 1.807) is 0 Å². The van der Waals surface area contributed by atoms with Gasteiger partial charge < -0.3 is 14.4 Å². The van der Waals surface area contributed by atoms with Crippen LogP contribution >= 0.6 is 11.6 Å². The standard InChI is InChI=1S/C18H20ClF3N2O2/c19-15-2-1-14(26-18(20,21)22)11-16(15)24-9-6-17(7-10-24)5-3-13(4-8-23)12-25-17/h1-2,11,13H,3-7,9-10,12H2. The van der Waals surface area contributed by atoms with Crippen LogP contribution in [0, 0.1) is 17.2 Å². The Morgan fingerprint density at radius 3 is 2.62 bits per heavy atom. The average Bonchev–Trinajstić information content (AvgIpc) is 2.59. The Bertz CT molecular complexity index is 672. The predicted octanol–water partition coefficient (Wildman–Crippen LogP) is 4.92. The number of nitrogens with zero attached hydrogens (tertiary/aromatic N) is 2. The number of rotatable bonds is 3. The molecule has 1 atom stereocenters. The molecule has 0 aliphatic carbocycles. The number of hydrogen-bond donors (Lipinski definition) is 0. The molecule has 0 radical (unpaired) electrons. The lowest BCUT2D eigenvalue weighted by Crippen LogP contribution is -2.49. The fourth-order valence-electron chi connectivity index (χ4n) is 3.69. The summed E-state index contributed by atoms with van der Waals surface area (Å²) in [5, 5.41) is 9.19. The summed E-state index contributed by atoms with van der Waals surface area (Å²) >= 11 is 6.19. The van der Waals surface area contributed by atoms with Crippen LogP contribution in [-0.2, 0) is 4.74 Å². The first kappa shape index (κ1) is 19.1. The van der Waals surface area contributed by atoms with Gasteiger partial charge in [0.1, 0.15) is 5.75 Å². The zero-order chi connectivity index (χ0) is 18.8. The summed E-state index contributed by atoms with van der Waals surface area (Å²) in [6, 6.07) is 6.16. The van der Waals surface area contributed by atoms with Gasteiger partial charge in [-0.2, -0.15) is 5.26 Å². The highest BCUT2D eigenvalue weighted by molar-refractivity contribution is 6.33. The highest BCUT2D eigenvalue weighted by Crippen LogP contribution is 2.40. The monoisotopic (exact) mass is 388 g/mol. The zero-order valence-corrected chi connectivity index (χ0v) is 14.9. The van der Waals surface area contributed by atoms with Crippen LogP contribution in [0.25, 0.3) is 0 Å². The highest BCUT2D eigenvalue weighted by Gasteiger charge is 2.39. The molecule has 3 rings (SSSR count). The maximum absolute atomic E-state index is 12.4. The van der Waals surface area contributed by atoms with Crippen LogP contribution in [0.4, 0.5) is 18.9 Å². The number of piperidine rings is 1. The normalized spacial score (nSPS) is 22.9. The molecule has 1 aromatic rings. The van der Waals surface area contributed by atoms with Crippen molar-refractivity contribution in [3.63, 3.8) is 0 Å².